The number of anilines is 1. The minimum absolute atomic E-state index is 0.277. The first-order chi connectivity index (χ1) is 6.65. The summed E-state index contributed by atoms with van der Waals surface area (Å²) < 4.78 is 5.51. The van der Waals surface area contributed by atoms with Crippen molar-refractivity contribution in [3.8, 4) is 5.88 Å². The highest BCUT2D eigenvalue weighted by Crippen LogP contribution is 2.18. The Morgan fingerprint density at radius 1 is 1.29 bits per heavy atom. The Morgan fingerprint density at radius 2 is 2.00 bits per heavy atom. The van der Waals surface area contributed by atoms with Crippen LogP contribution in [-0.2, 0) is 0 Å². The van der Waals surface area contributed by atoms with E-state index >= 15 is 0 Å². The van der Waals surface area contributed by atoms with Crippen molar-refractivity contribution in [3.05, 3.63) is 11.3 Å². The molecule has 0 unspecified atom stereocenters. The second kappa shape index (κ2) is 4.79. The highest BCUT2D eigenvalue weighted by atomic mass is 16.5. The normalized spacial score (nSPS) is 10.2. The largest absolute Gasteiger partial charge is 0.477 e. The predicted molar refractivity (Wildman–Crippen MR) is 56.3 cm³/mol. The van der Waals surface area contributed by atoms with Gasteiger partial charge < -0.3 is 10.5 Å². The molecule has 1 aromatic heterocycles. The number of aromatic nitrogens is 2. The molecule has 0 spiro atoms. The van der Waals surface area contributed by atoms with Gasteiger partial charge in [0.2, 0.25) is 11.8 Å². The van der Waals surface area contributed by atoms with Crippen LogP contribution in [0.25, 0.3) is 0 Å². The molecule has 0 atom stereocenters. The van der Waals surface area contributed by atoms with Gasteiger partial charge in [0, 0.05) is 11.3 Å². The fourth-order valence-corrected chi connectivity index (χ4v) is 1.08. The summed E-state index contributed by atoms with van der Waals surface area (Å²) in [5.74, 6) is 0.892. The van der Waals surface area contributed by atoms with E-state index in [-0.39, 0.29) is 5.95 Å². The van der Waals surface area contributed by atoms with E-state index in [4.69, 9.17) is 10.5 Å². The highest BCUT2D eigenvalue weighted by Gasteiger charge is 2.06. The van der Waals surface area contributed by atoms with Gasteiger partial charge in [0.15, 0.2) is 0 Å². The molecule has 1 rings (SSSR count). The third kappa shape index (κ3) is 2.58. The molecule has 0 radical (unpaired) electrons. The summed E-state index contributed by atoms with van der Waals surface area (Å²) in [5, 5.41) is 0. The molecule has 1 heterocycles. The summed E-state index contributed by atoms with van der Waals surface area (Å²) in [6.07, 6.45) is 2.14. The number of nitrogen functional groups attached to an aromatic ring is 1. The summed E-state index contributed by atoms with van der Waals surface area (Å²) >= 11 is 0. The van der Waals surface area contributed by atoms with Crippen LogP contribution in [0.1, 0.15) is 31.0 Å². The Hall–Kier alpha value is -1.32. The first-order valence-electron chi connectivity index (χ1n) is 4.88. The smallest absolute Gasteiger partial charge is 0.223 e. The van der Waals surface area contributed by atoms with Crippen LogP contribution >= 0.6 is 0 Å². The van der Waals surface area contributed by atoms with Crippen molar-refractivity contribution in [1.29, 1.82) is 0 Å². The van der Waals surface area contributed by atoms with Crippen LogP contribution in [0.15, 0.2) is 0 Å². The maximum atomic E-state index is 5.53. The maximum absolute atomic E-state index is 5.53. The van der Waals surface area contributed by atoms with Crippen molar-refractivity contribution >= 4 is 5.95 Å². The lowest BCUT2D eigenvalue weighted by Crippen LogP contribution is -2.06. The average Bonchev–Trinajstić information content (AvgIpc) is 2.13. The monoisotopic (exact) mass is 195 g/mol. The van der Waals surface area contributed by atoms with Crippen molar-refractivity contribution in [2.24, 2.45) is 0 Å². The summed E-state index contributed by atoms with van der Waals surface area (Å²) in [4.78, 5) is 8.10. The number of nitrogens with zero attached hydrogens (tertiary/aromatic N) is 2. The van der Waals surface area contributed by atoms with Crippen molar-refractivity contribution in [1.82, 2.24) is 9.97 Å². The van der Waals surface area contributed by atoms with Gasteiger partial charge in [0.05, 0.1) is 6.61 Å². The zero-order valence-electron chi connectivity index (χ0n) is 9.00. The molecule has 14 heavy (non-hydrogen) atoms. The van der Waals surface area contributed by atoms with Gasteiger partial charge in [-0.05, 0) is 20.3 Å². The maximum Gasteiger partial charge on any atom is 0.223 e. The second-order valence-corrected chi connectivity index (χ2v) is 3.30. The van der Waals surface area contributed by atoms with Crippen molar-refractivity contribution in [2.45, 2.75) is 33.6 Å². The number of nitrogens with two attached hydrogens (primary N) is 1. The molecule has 78 valence electrons. The van der Waals surface area contributed by atoms with Crippen molar-refractivity contribution in [3.63, 3.8) is 0 Å². The third-order valence-electron chi connectivity index (χ3n) is 2.10. The SMILES string of the molecule is CCCCOc1nc(N)nc(C)c1C. The zero-order chi connectivity index (χ0) is 10.6. The van der Waals surface area contributed by atoms with Crippen LogP contribution in [0, 0.1) is 13.8 Å². The third-order valence-corrected chi connectivity index (χ3v) is 2.10. The molecular weight excluding hydrogens is 178 g/mol. The van der Waals surface area contributed by atoms with Gasteiger partial charge in [0.1, 0.15) is 0 Å². The highest BCUT2D eigenvalue weighted by molar-refractivity contribution is 5.34. The number of rotatable bonds is 4. The van der Waals surface area contributed by atoms with E-state index in [1.165, 1.54) is 0 Å². The molecule has 0 bridgehead atoms. The van der Waals surface area contributed by atoms with E-state index in [0.29, 0.717) is 12.5 Å². The van der Waals surface area contributed by atoms with Gasteiger partial charge >= 0.3 is 0 Å². The molecule has 0 saturated heterocycles. The van der Waals surface area contributed by atoms with Crippen LogP contribution in [0.4, 0.5) is 5.95 Å². The average molecular weight is 195 g/mol. The number of unbranched alkanes of at least 4 members (excludes halogenated alkanes) is 1. The van der Waals surface area contributed by atoms with E-state index in [0.717, 1.165) is 24.1 Å². The molecule has 4 nitrogen and oxygen atoms in total. The molecule has 0 aliphatic rings. The lowest BCUT2D eigenvalue weighted by molar-refractivity contribution is 0.295. The quantitative estimate of drug-likeness (QED) is 0.745. The van der Waals surface area contributed by atoms with Gasteiger partial charge in [-0.25, -0.2) is 4.98 Å². The van der Waals surface area contributed by atoms with Gasteiger partial charge in [-0.1, -0.05) is 13.3 Å². The second-order valence-electron chi connectivity index (χ2n) is 3.30. The topological polar surface area (TPSA) is 61.0 Å². The number of ether oxygens (including phenoxy) is 1. The minimum Gasteiger partial charge on any atom is -0.477 e. The fourth-order valence-electron chi connectivity index (χ4n) is 1.08. The molecule has 0 amide bonds. The summed E-state index contributed by atoms with van der Waals surface area (Å²) in [6.45, 7) is 6.65. The summed E-state index contributed by atoms with van der Waals surface area (Å²) in [5.41, 5.74) is 7.38. The standard InChI is InChI=1S/C10H17N3O/c1-4-5-6-14-9-7(2)8(3)12-10(11)13-9/h4-6H2,1-3H3,(H2,11,12,13). The van der Waals surface area contributed by atoms with Gasteiger partial charge in [-0.3, -0.25) is 0 Å². The molecule has 0 saturated carbocycles. The van der Waals surface area contributed by atoms with E-state index in [2.05, 4.69) is 16.9 Å². The molecule has 0 fully saturated rings. The Labute approximate surface area is 84.5 Å². The lowest BCUT2D eigenvalue weighted by atomic mass is 10.2. The van der Waals surface area contributed by atoms with Crippen LogP contribution in [0.3, 0.4) is 0 Å². The summed E-state index contributed by atoms with van der Waals surface area (Å²) in [6, 6.07) is 0. The van der Waals surface area contributed by atoms with Gasteiger partial charge in [0.25, 0.3) is 0 Å². The molecule has 0 aromatic carbocycles. The Morgan fingerprint density at radius 3 is 2.64 bits per heavy atom. The van der Waals surface area contributed by atoms with E-state index in [1.807, 2.05) is 13.8 Å². The van der Waals surface area contributed by atoms with Gasteiger partial charge in [-0.2, -0.15) is 4.98 Å². The van der Waals surface area contributed by atoms with E-state index < -0.39 is 0 Å². The van der Waals surface area contributed by atoms with E-state index in [9.17, 15) is 0 Å². The van der Waals surface area contributed by atoms with Gasteiger partial charge in [-0.15, -0.1) is 0 Å². The zero-order valence-corrected chi connectivity index (χ0v) is 9.00. The predicted octanol–water partition coefficient (Wildman–Crippen LogP) is 1.85. The van der Waals surface area contributed by atoms with E-state index in [1.54, 1.807) is 0 Å². The minimum atomic E-state index is 0.277. The van der Waals surface area contributed by atoms with Crippen molar-refractivity contribution < 1.29 is 4.74 Å². The van der Waals surface area contributed by atoms with Crippen LogP contribution in [0.2, 0.25) is 0 Å². The first kappa shape index (κ1) is 10.8. The number of hydrogen-bond donors (Lipinski definition) is 1. The lowest BCUT2D eigenvalue weighted by Gasteiger charge is -2.09. The Kier molecular flexibility index (Phi) is 3.68. The molecule has 4 heteroatoms. The Bertz CT molecular complexity index is 312. The Balaban J connectivity index is 2.75. The van der Waals surface area contributed by atoms with Crippen LogP contribution in [0.5, 0.6) is 5.88 Å². The molecule has 1 aromatic rings. The first-order valence-corrected chi connectivity index (χ1v) is 4.88. The number of aryl methyl sites for hydroxylation is 1. The summed E-state index contributed by atoms with van der Waals surface area (Å²) in [7, 11) is 0. The molecule has 2 N–H and O–H groups in total. The molecular formula is C10H17N3O. The van der Waals surface area contributed by atoms with Crippen LogP contribution in [-0.4, -0.2) is 16.6 Å². The van der Waals surface area contributed by atoms with Crippen LogP contribution < -0.4 is 10.5 Å². The molecule has 0 aliphatic heterocycles. The fraction of sp³-hybridized carbons (Fsp3) is 0.600. The molecule has 0 aliphatic carbocycles. The number of hydrogen-bond acceptors (Lipinski definition) is 4. The van der Waals surface area contributed by atoms with Crippen molar-refractivity contribution in [2.75, 3.05) is 12.3 Å².